The van der Waals surface area contributed by atoms with Gasteiger partial charge in [0.2, 0.25) is 11.8 Å². The first-order chi connectivity index (χ1) is 12.9. The van der Waals surface area contributed by atoms with Gasteiger partial charge in [-0.05, 0) is 23.8 Å². The highest BCUT2D eigenvalue weighted by Gasteiger charge is 2.20. The van der Waals surface area contributed by atoms with Crippen molar-refractivity contribution >= 4 is 22.8 Å². The quantitative estimate of drug-likeness (QED) is 0.690. The average molecular weight is 370 g/mol. The second-order valence-corrected chi connectivity index (χ2v) is 5.99. The molecule has 27 heavy (non-hydrogen) atoms. The van der Waals surface area contributed by atoms with Crippen LogP contribution in [0.25, 0.3) is 11.0 Å². The van der Waals surface area contributed by atoms with Crippen molar-refractivity contribution in [3.8, 4) is 0 Å². The molecule has 138 valence electrons. The van der Waals surface area contributed by atoms with E-state index in [-0.39, 0.29) is 18.4 Å². The highest BCUT2D eigenvalue weighted by atomic mass is 19.1. The fourth-order valence-electron chi connectivity index (χ4n) is 2.61. The van der Waals surface area contributed by atoms with Gasteiger partial charge in [0.25, 0.3) is 0 Å². The van der Waals surface area contributed by atoms with E-state index in [9.17, 15) is 18.4 Å². The SMILES string of the molecule is NC(=O)[C@H](Cc1cnc2ccccc2n1)NC(=O)Cc1ccc(F)cc1F. The number of halogens is 2. The van der Waals surface area contributed by atoms with Crippen LogP contribution in [0, 0.1) is 11.6 Å². The molecule has 0 fully saturated rings. The molecule has 0 aliphatic rings. The van der Waals surface area contributed by atoms with E-state index in [1.54, 1.807) is 12.1 Å². The van der Waals surface area contributed by atoms with Gasteiger partial charge in [-0.3, -0.25) is 14.6 Å². The minimum Gasteiger partial charge on any atom is -0.368 e. The maximum atomic E-state index is 13.7. The summed E-state index contributed by atoms with van der Waals surface area (Å²) in [7, 11) is 0. The van der Waals surface area contributed by atoms with Crippen LogP contribution in [0.3, 0.4) is 0 Å². The van der Waals surface area contributed by atoms with Gasteiger partial charge in [-0.25, -0.2) is 13.8 Å². The Morgan fingerprint density at radius 1 is 1.11 bits per heavy atom. The number of nitrogens with one attached hydrogen (secondary N) is 1. The molecule has 8 heteroatoms. The molecule has 0 saturated carbocycles. The van der Waals surface area contributed by atoms with Crippen LogP contribution >= 0.6 is 0 Å². The lowest BCUT2D eigenvalue weighted by Gasteiger charge is -2.15. The van der Waals surface area contributed by atoms with Gasteiger partial charge >= 0.3 is 0 Å². The number of aromatic nitrogens is 2. The number of nitrogens with zero attached hydrogens (tertiary/aromatic N) is 2. The summed E-state index contributed by atoms with van der Waals surface area (Å²) in [5, 5.41) is 2.46. The third kappa shape index (κ3) is 4.60. The minimum absolute atomic E-state index is 0.0163. The monoisotopic (exact) mass is 370 g/mol. The van der Waals surface area contributed by atoms with Crippen molar-refractivity contribution in [1.29, 1.82) is 0 Å². The number of amides is 2. The first-order valence-electron chi connectivity index (χ1n) is 8.15. The van der Waals surface area contributed by atoms with Gasteiger partial charge in [0.1, 0.15) is 17.7 Å². The smallest absolute Gasteiger partial charge is 0.240 e. The summed E-state index contributed by atoms with van der Waals surface area (Å²) < 4.78 is 26.6. The predicted octanol–water partition coefficient (Wildman–Crippen LogP) is 1.66. The van der Waals surface area contributed by atoms with Gasteiger partial charge in [-0.1, -0.05) is 18.2 Å². The van der Waals surface area contributed by atoms with Crippen molar-refractivity contribution < 1.29 is 18.4 Å². The zero-order chi connectivity index (χ0) is 19.4. The van der Waals surface area contributed by atoms with E-state index in [4.69, 9.17) is 5.73 Å². The van der Waals surface area contributed by atoms with Gasteiger partial charge < -0.3 is 11.1 Å². The molecule has 0 spiro atoms. The Labute approximate surface area is 153 Å². The van der Waals surface area contributed by atoms with Crippen LogP contribution in [-0.4, -0.2) is 27.8 Å². The van der Waals surface area contributed by atoms with Gasteiger partial charge in [0.15, 0.2) is 0 Å². The number of nitrogens with two attached hydrogens (primary N) is 1. The van der Waals surface area contributed by atoms with E-state index in [1.807, 2.05) is 12.1 Å². The van der Waals surface area contributed by atoms with Crippen LogP contribution < -0.4 is 11.1 Å². The minimum atomic E-state index is -1.03. The summed E-state index contributed by atoms with van der Waals surface area (Å²) in [5.41, 5.74) is 7.21. The average Bonchev–Trinajstić information content (AvgIpc) is 2.63. The maximum absolute atomic E-state index is 13.7. The topological polar surface area (TPSA) is 98.0 Å². The Morgan fingerprint density at radius 2 is 1.85 bits per heavy atom. The number of fused-ring (bicyclic) bond motifs is 1. The lowest BCUT2D eigenvalue weighted by atomic mass is 10.1. The van der Waals surface area contributed by atoms with Gasteiger partial charge in [0, 0.05) is 18.7 Å². The fourth-order valence-corrected chi connectivity index (χ4v) is 2.61. The number of carbonyl (C=O) groups excluding carboxylic acids is 2. The Hall–Kier alpha value is -3.42. The molecule has 6 nitrogen and oxygen atoms in total. The van der Waals surface area contributed by atoms with Crippen molar-refractivity contribution in [2.24, 2.45) is 5.73 Å². The van der Waals surface area contributed by atoms with E-state index in [0.717, 1.165) is 6.07 Å². The van der Waals surface area contributed by atoms with E-state index < -0.39 is 29.5 Å². The molecule has 1 atom stereocenters. The second kappa shape index (κ2) is 7.86. The third-order valence-electron chi connectivity index (χ3n) is 3.96. The largest absolute Gasteiger partial charge is 0.368 e. The Morgan fingerprint density at radius 3 is 2.56 bits per heavy atom. The van der Waals surface area contributed by atoms with E-state index in [1.165, 1.54) is 12.3 Å². The summed E-state index contributed by atoms with van der Waals surface area (Å²) in [5.74, 6) is -2.93. The maximum Gasteiger partial charge on any atom is 0.240 e. The van der Waals surface area contributed by atoms with Gasteiger partial charge in [-0.2, -0.15) is 0 Å². The summed E-state index contributed by atoms with van der Waals surface area (Å²) >= 11 is 0. The molecule has 0 unspecified atom stereocenters. The molecule has 0 aliphatic carbocycles. The number of rotatable bonds is 6. The van der Waals surface area contributed by atoms with E-state index in [2.05, 4.69) is 15.3 Å². The zero-order valence-corrected chi connectivity index (χ0v) is 14.2. The summed E-state index contributed by atoms with van der Waals surface area (Å²) in [6.07, 6.45) is 1.20. The van der Waals surface area contributed by atoms with Crippen molar-refractivity contribution in [3.05, 3.63) is 71.6 Å². The normalized spacial score (nSPS) is 11.9. The third-order valence-corrected chi connectivity index (χ3v) is 3.96. The summed E-state index contributed by atoms with van der Waals surface area (Å²) in [6, 6.07) is 9.12. The highest BCUT2D eigenvalue weighted by molar-refractivity contribution is 5.87. The molecule has 0 radical (unpaired) electrons. The molecule has 2 amide bonds. The first kappa shape index (κ1) is 18.4. The lowest BCUT2D eigenvalue weighted by Crippen LogP contribution is -2.46. The Kier molecular flexibility index (Phi) is 5.35. The molecule has 1 aromatic heterocycles. The number of hydrogen-bond donors (Lipinski definition) is 2. The van der Waals surface area contributed by atoms with Crippen LogP contribution in [0.1, 0.15) is 11.3 Å². The van der Waals surface area contributed by atoms with Crippen LogP contribution in [0.5, 0.6) is 0 Å². The molecule has 0 aliphatic heterocycles. The van der Waals surface area contributed by atoms with Crippen molar-refractivity contribution in [2.45, 2.75) is 18.9 Å². The fraction of sp³-hybridized carbons (Fsp3) is 0.158. The summed E-state index contributed by atoms with van der Waals surface area (Å²) in [6.45, 7) is 0. The molecule has 3 rings (SSSR count). The van der Waals surface area contributed by atoms with Gasteiger partial charge in [-0.15, -0.1) is 0 Å². The highest BCUT2D eigenvalue weighted by Crippen LogP contribution is 2.12. The van der Waals surface area contributed by atoms with Gasteiger partial charge in [0.05, 0.1) is 23.1 Å². The van der Waals surface area contributed by atoms with Crippen molar-refractivity contribution in [3.63, 3.8) is 0 Å². The molecule has 0 saturated heterocycles. The Bertz CT molecular complexity index is 1010. The molecule has 3 aromatic rings. The van der Waals surface area contributed by atoms with Crippen LogP contribution in [-0.2, 0) is 22.4 Å². The molecule has 3 N–H and O–H groups in total. The number of para-hydroxylation sites is 2. The van der Waals surface area contributed by atoms with Crippen molar-refractivity contribution in [2.75, 3.05) is 0 Å². The standard InChI is InChI=1S/C19H16F2N4O2/c20-12-6-5-11(14(21)8-12)7-18(26)25-17(19(22)27)9-13-10-23-15-3-1-2-4-16(15)24-13/h1-6,8,10,17H,7,9H2,(H2,22,27)(H,25,26)/t17-/m0/s1. The molecule has 2 aromatic carbocycles. The molecule has 1 heterocycles. The number of carbonyl (C=O) groups is 2. The molecular formula is C19H16F2N4O2. The predicted molar refractivity (Wildman–Crippen MR) is 94.4 cm³/mol. The molecule has 0 bridgehead atoms. The number of benzene rings is 2. The Balaban J connectivity index is 1.71. The molecular weight excluding hydrogens is 354 g/mol. The van der Waals surface area contributed by atoms with Crippen LogP contribution in [0.4, 0.5) is 8.78 Å². The summed E-state index contributed by atoms with van der Waals surface area (Å²) in [4.78, 5) is 32.5. The zero-order valence-electron chi connectivity index (χ0n) is 14.2. The number of hydrogen-bond acceptors (Lipinski definition) is 4. The van der Waals surface area contributed by atoms with Crippen LogP contribution in [0.15, 0.2) is 48.7 Å². The second-order valence-electron chi connectivity index (χ2n) is 5.99. The van der Waals surface area contributed by atoms with Crippen molar-refractivity contribution in [1.82, 2.24) is 15.3 Å². The number of primary amides is 1. The van der Waals surface area contributed by atoms with E-state index in [0.29, 0.717) is 22.8 Å². The first-order valence-corrected chi connectivity index (χ1v) is 8.15. The van der Waals surface area contributed by atoms with E-state index >= 15 is 0 Å². The lowest BCUT2D eigenvalue weighted by molar-refractivity contribution is -0.127. The van der Waals surface area contributed by atoms with Crippen LogP contribution in [0.2, 0.25) is 0 Å².